The van der Waals surface area contributed by atoms with Crippen LogP contribution in [0.15, 0.2) is 70.4 Å². The number of aromatic nitrogens is 1. The number of carbonyl (C=O) groups is 1. The fourth-order valence-electron chi connectivity index (χ4n) is 4.29. The van der Waals surface area contributed by atoms with Gasteiger partial charge in [0.1, 0.15) is 11.5 Å². The van der Waals surface area contributed by atoms with Crippen LogP contribution in [0.5, 0.6) is 11.5 Å². The number of thiazole rings is 1. The van der Waals surface area contributed by atoms with E-state index in [1.54, 1.807) is 41.0 Å². The van der Waals surface area contributed by atoms with Crippen LogP contribution < -0.4 is 24.0 Å². The van der Waals surface area contributed by atoms with Gasteiger partial charge in [0.05, 0.1) is 34.5 Å². The van der Waals surface area contributed by atoms with E-state index in [4.69, 9.17) is 21.1 Å². The van der Waals surface area contributed by atoms with Crippen LogP contribution in [0.1, 0.15) is 19.9 Å². The number of rotatable bonds is 6. The van der Waals surface area contributed by atoms with Crippen LogP contribution in [0.25, 0.3) is 10.2 Å². The minimum Gasteiger partial charge on any atom is -0.497 e. The van der Waals surface area contributed by atoms with Gasteiger partial charge >= 0.3 is 4.87 Å². The van der Waals surface area contributed by atoms with Crippen molar-refractivity contribution in [2.24, 2.45) is 0 Å². The lowest BCUT2D eigenvalue weighted by Crippen LogP contribution is -2.48. The average molecular weight is 574 g/mol. The zero-order valence-corrected chi connectivity index (χ0v) is 23.1. The van der Waals surface area contributed by atoms with Crippen LogP contribution in [-0.4, -0.2) is 38.7 Å². The first-order valence-corrected chi connectivity index (χ1v) is 14.3. The third kappa shape index (κ3) is 4.72. The van der Waals surface area contributed by atoms with Gasteiger partial charge in [-0.15, -0.1) is 0 Å². The maximum absolute atomic E-state index is 13.6. The molecule has 1 aliphatic rings. The molecule has 198 valence electrons. The number of benzene rings is 3. The lowest BCUT2D eigenvalue weighted by Gasteiger charge is -2.34. The molecule has 1 aliphatic heterocycles. The van der Waals surface area contributed by atoms with E-state index in [0.29, 0.717) is 16.5 Å². The van der Waals surface area contributed by atoms with Gasteiger partial charge in [-0.1, -0.05) is 22.9 Å². The van der Waals surface area contributed by atoms with Crippen molar-refractivity contribution >= 4 is 60.5 Å². The van der Waals surface area contributed by atoms with Crippen molar-refractivity contribution in [1.29, 1.82) is 0 Å². The van der Waals surface area contributed by atoms with Gasteiger partial charge in [0.2, 0.25) is 0 Å². The van der Waals surface area contributed by atoms with Crippen LogP contribution in [-0.2, 0) is 14.8 Å². The van der Waals surface area contributed by atoms with E-state index in [1.807, 2.05) is 13.8 Å². The van der Waals surface area contributed by atoms with Crippen LogP contribution >= 0.6 is 22.9 Å². The first-order valence-electron chi connectivity index (χ1n) is 11.7. The SMILES string of the molecule is COc1ccc(S(=O)(=O)N2C[C@H](C(=O)Nc3ccc4c(c3)sc(=O)n4C(C)C)Oc3ccc(Cl)cc32)cc1. The molecule has 0 saturated carbocycles. The molecular weight excluding hydrogens is 550 g/mol. The van der Waals surface area contributed by atoms with E-state index in [0.717, 1.165) is 25.9 Å². The number of carbonyl (C=O) groups excluding carboxylic acids is 1. The molecule has 0 radical (unpaired) electrons. The number of hydrogen-bond donors (Lipinski definition) is 1. The standard InChI is InChI=1S/C26H24ClN3O6S2/c1-15(2)30-20-10-5-17(13-24(20)37-26(30)32)28-25(31)23-14-29(21-12-16(27)4-11-22(21)36-23)38(33,34)19-8-6-18(35-3)7-9-19/h4-13,15,23H,14H2,1-3H3,(H,28,31)/t23-/m1/s1. The zero-order chi connectivity index (χ0) is 27.2. The van der Waals surface area contributed by atoms with Gasteiger partial charge in [0.15, 0.2) is 6.10 Å². The number of anilines is 2. The predicted molar refractivity (Wildman–Crippen MR) is 148 cm³/mol. The van der Waals surface area contributed by atoms with Crippen molar-refractivity contribution in [3.05, 3.63) is 75.4 Å². The fourth-order valence-corrected chi connectivity index (χ4v) is 6.98. The molecule has 1 aromatic heterocycles. The quantitative estimate of drug-likeness (QED) is 0.351. The highest BCUT2D eigenvalue weighted by molar-refractivity contribution is 7.92. The third-order valence-electron chi connectivity index (χ3n) is 6.13. The molecule has 0 bridgehead atoms. The normalized spacial score (nSPS) is 15.3. The zero-order valence-electron chi connectivity index (χ0n) is 20.7. The average Bonchev–Trinajstić information content (AvgIpc) is 3.23. The lowest BCUT2D eigenvalue weighted by molar-refractivity contribution is -0.122. The van der Waals surface area contributed by atoms with E-state index in [-0.39, 0.29) is 33.8 Å². The minimum absolute atomic E-state index is 0.000430. The van der Waals surface area contributed by atoms with Crippen LogP contribution in [0, 0.1) is 0 Å². The van der Waals surface area contributed by atoms with E-state index < -0.39 is 22.0 Å². The van der Waals surface area contributed by atoms with Gasteiger partial charge < -0.3 is 14.8 Å². The van der Waals surface area contributed by atoms with Crippen LogP contribution in [0.2, 0.25) is 5.02 Å². The number of amides is 1. The monoisotopic (exact) mass is 573 g/mol. The maximum Gasteiger partial charge on any atom is 0.308 e. The molecule has 0 saturated heterocycles. The number of ether oxygens (including phenoxy) is 2. The molecule has 2 heterocycles. The Balaban J connectivity index is 1.46. The van der Waals surface area contributed by atoms with Crippen molar-refractivity contribution < 1.29 is 22.7 Å². The van der Waals surface area contributed by atoms with Crippen molar-refractivity contribution in [1.82, 2.24) is 4.57 Å². The van der Waals surface area contributed by atoms with E-state index >= 15 is 0 Å². The van der Waals surface area contributed by atoms with E-state index in [1.165, 1.54) is 31.4 Å². The van der Waals surface area contributed by atoms with Gasteiger partial charge in [-0.05, 0) is 74.5 Å². The summed E-state index contributed by atoms with van der Waals surface area (Å²) in [6.45, 7) is 3.59. The third-order valence-corrected chi connectivity index (χ3v) is 9.07. The first kappa shape index (κ1) is 26.1. The molecule has 12 heteroatoms. The van der Waals surface area contributed by atoms with Gasteiger partial charge in [0.25, 0.3) is 15.9 Å². The van der Waals surface area contributed by atoms with E-state index in [2.05, 4.69) is 5.32 Å². The Labute approximate surface area is 228 Å². The number of fused-ring (bicyclic) bond motifs is 2. The molecule has 4 aromatic rings. The van der Waals surface area contributed by atoms with Gasteiger partial charge in [-0.2, -0.15) is 0 Å². The van der Waals surface area contributed by atoms with Gasteiger partial charge in [-0.25, -0.2) is 8.42 Å². The summed E-state index contributed by atoms with van der Waals surface area (Å²) in [5, 5.41) is 3.12. The molecule has 0 unspecified atom stereocenters. The molecule has 38 heavy (non-hydrogen) atoms. The molecule has 1 N–H and O–H groups in total. The maximum atomic E-state index is 13.6. The summed E-state index contributed by atoms with van der Waals surface area (Å²) in [4.78, 5) is 25.6. The van der Waals surface area contributed by atoms with Crippen LogP contribution in [0.4, 0.5) is 11.4 Å². The second kappa shape index (κ2) is 9.97. The second-order valence-corrected chi connectivity index (χ2v) is 12.2. The molecule has 0 spiro atoms. The molecule has 3 aromatic carbocycles. The second-order valence-electron chi connectivity index (χ2n) is 8.93. The summed E-state index contributed by atoms with van der Waals surface area (Å²) in [7, 11) is -2.58. The Hall–Kier alpha value is -3.54. The Morgan fingerprint density at radius 2 is 1.87 bits per heavy atom. The number of halogens is 1. The van der Waals surface area contributed by atoms with Crippen molar-refractivity contribution in [3.8, 4) is 11.5 Å². The summed E-state index contributed by atoms with van der Waals surface area (Å²) in [6.07, 6.45) is -1.15. The number of nitrogens with zero attached hydrogens (tertiary/aromatic N) is 2. The Kier molecular flexibility index (Phi) is 6.84. The summed E-state index contributed by atoms with van der Waals surface area (Å²) < 4.78 is 41.9. The predicted octanol–water partition coefficient (Wildman–Crippen LogP) is 4.90. The summed E-state index contributed by atoms with van der Waals surface area (Å²) >= 11 is 7.26. The highest BCUT2D eigenvalue weighted by Gasteiger charge is 2.38. The highest BCUT2D eigenvalue weighted by Crippen LogP contribution is 2.39. The Morgan fingerprint density at radius 3 is 2.55 bits per heavy atom. The summed E-state index contributed by atoms with van der Waals surface area (Å²) in [5.41, 5.74) is 1.48. The molecule has 0 fully saturated rings. The van der Waals surface area contributed by atoms with Gasteiger partial charge in [0, 0.05) is 16.8 Å². The first-order chi connectivity index (χ1) is 18.1. The number of nitrogens with one attached hydrogen (secondary N) is 1. The smallest absolute Gasteiger partial charge is 0.308 e. The summed E-state index contributed by atoms with van der Waals surface area (Å²) in [6, 6.07) is 15.8. The van der Waals surface area contributed by atoms with Crippen LogP contribution in [0.3, 0.4) is 0 Å². The number of hydrogen-bond acceptors (Lipinski definition) is 7. The molecule has 1 amide bonds. The Morgan fingerprint density at radius 1 is 1.13 bits per heavy atom. The molecular formula is C26H24ClN3O6S2. The topological polar surface area (TPSA) is 107 Å². The fraction of sp³-hybridized carbons (Fsp3) is 0.231. The Bertz CT molecular complexity index is 1700. The van der Waals surface area contributed by atoms with Crippen molar-refractivity contribution in [2.75, 3.05) is 23.3 Å². The van der Waals surface area contributed by atoms with E-state index in [9.17, 15) is 18.0 Å². The minimum atomic E-state index is -4.07. The number of methoxy groups -OCH3 is 1. The number of sulfonamides is 1. The van der Waals surface area contributed by atoms with Crippen molar-refractivity contribution in [3.63, 3.8) is 0 Å². The van der Waals surface area contributed by atoms with Gasteiger partial charge in [-0.3, -0.25) is 18.5 Å². The highest BCUT2D eigenvalue weighted by atomic mass is 35.5. The molecule has 1 atom stereocenters. The molecule has 9 nitrogen and oxygen atoms in total. The molecule has 0 aliphatic carbocycles. The summed E-state index contributed by atoms with van der Waals surface area (Å²) in [5.74, 6) is 0.188. The molecule has 5 rings (SSSR count). The largest absolute Gasteiger partial charge is 0.497 e. The van der Waals surface area contributed by atoms with Crippen molar-refractivity contribution in [2.45, 2.75) is 30.9 Å². The lowest BCUT2D eigenvalue weighted by atomic mass is 10.2.